The van der Waals surface area contributed by atoms with Crippen LogP contribution in [0, 0.1) is 0 Å². The van der Waals surface area contributed by atoms with E-state index < -0.39 is 5.51 Å². The Bertz CT molecular complexity index is 339. The van der Waals surface area contributed by atoms with Gasteiger partial charge in [0.05, 0.1) is 19.1 Å². The number of alkyl halides is 3. The largest absolute Gasteiger partial charge is 0.497 e. The summed E-state index contributed by atoms with van der Waals surface area (Å²) in [6.07, 6.45) is 0. The highest BCUT2D eigenvalue weighted by molar-refractivity contribution is 8.00. The van der Waals surface area contributed by atoms with Gasteiger partial charge in [-0.2, -0.15) is 13.2 Å². The van der Waals surface area contributed by atoms with Crippen LogP contribution in [0.25, 0.3) is 0 Å². The van der Waals surface area contributed by atoms with Crippen LogP contribution in [0.1, 0.15) is 0 Å². The van der Waals surface area contributed by atoms with Gasteiger partial charge in [0.2, 0.25) is 0 Å². The predicted molar refractivity (Wildman–Crippen MR) is 51.5 cm³/mol. The van der Waals surface area contributed by atoms with Crippen molar-refractivity contribution in [2.45, 2.75) is 10.4 Å². The second-order valence-corrected chi connectivity index (χ2v) is 3.67. The number of hydrogen-bond acceptors (Lipinski definition) is 3. The molecule has 0 atom stereocenters. The van der Waals surface area contributed by atoms with Crippen molar-refractivity contribution in [2.24, 2.45) is 0 Å². The molecule has 1 aromatic rings. The van der Waals surface area contributed by atoms with Crippen molar-refractivity contribution in [3.8, 4) is 11.5 Å². The molecule has 0 amide bonds. The van der Waals surface area contributed by atoms with Crippen molar-refractivity contribution in [3.05, 3.63) is 18.2 Å². The summed E-state index contributed by atoms with van der Waals surface area (Å²) in [4.78, 5) is 0.0193. The molecule has 6 heteroatoms. The van der Waals surface area contributed by atoms with Gasteiger partial charge in [0, 0.05) is 6.07 Å². The molecular weight excluding hydrogens is 229 g/mol. The maximum atomic E-state index is 12.1. The lowest BCUT2D eigenvalue weighted by atomic mass is 10.3. The molecule has 0 bridgehead atoms. The summed E-state index contributed by atoms with van der Waals surface area (Å²) in [5, 5.41) is 0. The van der Waals surface area contributed by atoms with Gasteiger partial charge in [-0.1, -0.05) is 0 Å². The topological polar surface area (TPSA) is 18.5 Å². The zero-order valence-electron chi connectivity index (χ0n) is 8.09. The Hall–Kier alpha value is -1.04. The Labute approximate surface area is 89.4 Å². The first kappa shape index (κ1) is 12.0. The van der Waals surface area contributed by atoms with Crippen molar-refractivity contribution >= 4 is 11.8 Å². The van der Waals surface area contributed by atoms with Crippen LogP contribution in [0.3, 0.4) is 0 Å². The second-order valence-electron chi connectivity index (χ2n) is 2.56. The van der Waals surface area contributed by atoms with Crippen molar-refractivity contribution in [3.63, 3.8) is 0 Å². The van der Waals surface area contributed by atoms with Crippen LogP contribution in [-0.2, 0) is 0 Å². The quantitative estimate of drug-likeness (QED) is 0.752. The third-order valence-corrected chi connectivity index (χ3v) is 2.39. The summed E-state index contributed by atoms with van der Waals surface area (Å²) >= 11 is -0.209. The van der Waals surface area contributed by atoms with Crippen LogP contribution in [-0.4, -0.2) is 19.7 Å². The van der Waals surface area contributed by atoms with Gasteiger partial charge in [-0.3, -0.25) is 0 Å². The van der Waals surface area contributed by atoms with E-state index in [-0.39, 0.29) is 22.4 Å². The monoisotopic (exact) mass is 238 g/mol. The van der Waals surface area contributed by atoms with E-state index in [0.717, 1.165) is 0 Å². The first-order valence-electron chi connectivity index (χ1n) is 3.94. The third-order valence-electron chi connectivity index (χ3n) is 1.60. The van der Waals surface area contributed by atoms with Crippen molar-refractivity contribution in [1.82, 2.24) is 0 Å². The van der Waals surface area contributed by atoms with Crippen LogP contribution in [0.4, 0.5) is 13.2 Å². The minimum Gasteiger partial charge on any atom is -0.497 e. The zero-order valence-corrected chi connectivity index (χ0v) is 8.91. The van der Waals surface area contributed by atoms with Crippen LogP contribution in [0.15, 0.2) is 23.1 Å². The van der Waals surface area contributed by atoms with Crippen molar-refractivity contribution in [2.75, 3.05) is 14.2 Å². The van der Waals surface area contributed by atoms with Gasteiger partial charge in [0.25, 0.3) is 0 Å². The Kier molecular flexibility index (Phi) is 3.73. The second kappa shape index (κ2) is 4.65. The Balaban J connectivity index is 2.97. The van der Waals surface area contributed by atoms with Crippen LogP contribution in [0.2, 0.25) is 0 Å². The molecule has 0 heterocycles. The summed E-state index contributed by atoms with van der Waals surface area (Å²) in [6.45, 7) is 0. The Morgan fingerprint density at radius 3 is 2.27 bits per heavy atom. The standard InChI is InChI=1S/C9H9F3O2S/c1-13-6-3-4-8(7(5-6)14-2)15-9(10,11)12/h3-5H,1-2H3. The predicted octanol–water partition coefficient (Wildman–Crippen LogP) is 3.32. The molecule has 0 N–H and O–H groups in total. The molecule has 0 saturated heterocycles. The Morgan fingerprint density at radius 1 is 1.13 bits per heavy atom. The van der Waals surface area contributed by atoms with Gasteiger partial charge in [0.15, 0.2) is 0 Å². The maximum absolute atomic E-state index is 12.1. The molecule has 2 nitrogen and oxygen atoms in total. The highest BCUT2D eigenvalue weighted by atomic mass is 32.2. The molecule has 15 heavy (non-hydrogen) atoms. The normalized spacial score (nSPS) is 11.3. The molecule has 0 saturated carbocycles. The van der Waals surface area contributed by atoms with Gasteiger partial charge in [-0.15, -0.1) is 0 Å². The SMILES string of the molecule is COc1ccc(SC(F)(F)F)c(OC)c1. The fourth-order valence-electron chi connectivity index (χ4n) is 0.984. The summed E-state index contributed by atoms with van der Waals surface area (Å²) in [5.74, 6) is 0.607. The van der Waals surface area contributed by atoms with E-state index >= 15 is 0 Å². The third kappa shape index (κ3) is 3.54. The lowest BCUT2D eigenvalue weighted by Gasteiger charge is -2.11. The number of hydrogen-bond donors (Lipinski definition) is 0. The molecule has 0 aliphatic carbocycles. The van der Waals surface area contributed by atoms with E-state index in [2.05, 4.69) is 0 Å². The lowest BCUT2D eigenvalue weighted by Crippen LogP contribution is -2.00. The smallest absolute Gasteiger partial charge is 0.446 e. The lowest BCUT2D eigenvalue weighted by molar-refractivity contribution is -0.0328. The minimum absolute atomic E-state index is 0.0193. The zero-order chi connectivity index (χ0) is 11.5. The molecule has 0 spiro atoms. The van der Waals surface area contributed by atoms with Crippen LogP contribution < -0.4 is 9.47 Å². The number of benzene rings is 1. The fraction of sp³-hybridized carbons (Fsp3) is 0.333. The molecule has 84 valence electrons. The highest BCUT2D eigenvalue weighted by Crippen LogP contribution is 2.42. The number of thioether (sulfide) groups is 1. The summed E-state index contributed by atoms with van der Waals surface area (Å²) < 4.78 is 46.1. The molecule has 0 fully saturated rings. The van der Waals surface area contributed by atoms with Gasteiger partial charge < -0.3 is 9.47 Å². The van der Waals surface area contributed by atoms with E-state index in [1.54, 1.807) is 0 Å². The van der Waals surface area contributed by atoms with Gasteiger partial charge >= 0.3 is 5.51 Å². The van der Waals surface area contributed by atoms with Crippen molar-refractivity contribution in [1.29, 1.82) is 0 Å². The number of ether oxygens (including phenoxy) is 2. The number of halogens is 3. The summed E-state index contributed by atoms with van der Waals surface area (Å²) in [5.41, 5.74) is -4.32. The first-order valence-corrected chi connectivity index (χ1v) is 4.75. The molecule has 0 aliphatic rings. The number of methoxy groups -OCH3 is 2. The van der Waals surface area contributed by atoms with Gasteiger partial charge in [-0.05, 0) is 23.9 Å². The molecule has 0 unspecified atom stereocenters. The van der Waals surface area contributed by atoms with Crippen LogP contribution in [0.5, 0.6) is 11.5 Å². The fourth-order valence-corrected chi connectivity index (χ4v) is 1.61. The number of rotatable bonds is 3. The molecule has 0 radical (unpaired) electrons. The molecule has 0 aromatic heterocycles. The molecule has 1 aromatic carbocycles. The average molecular weight is 238 g/mol. The molecule has 1 rings (SSSR count). The molecular formula is C9H9F3O2S. The minimum atomic E-state index is -4.32. The summed E-state index contributed by atoms with van der Waals surface area (Å²) in [7, 11) is 2.75. The van der Waals surface area contributed by atoms with Crippen molar-refractivity contribution < 1.29 is 22.6 Å². The summed E-state index contributed by atoms with van der Waals surface area (Å²) in [6, 6.07) is 4.18. The maximum Gasteiger partial charge on any atom is 0.446 e. The van der Waals surface area contributed by atoms with Gasteiger partial charge in [0.1, 0.15) is 11.5 Å². The Morgan fingerprint density at radius 2 is 1.80 bits per heavy atom. The molecule has 0 aliphatic heterocycles. The van der Waals surface area contributed by atoms with E-state index in [0.29, 0.717) is 5.75 Å². The van der Waals surface area contributed by atoms with Gasteiger partial charge in [-0.25, -0.2) is 0 Å². The van der Waals surface area contributed by atoms with E-state index in [1.165, 1.54) is 32.4 Å². The van der Waals surface area contributed by atoms with Crippen LogP contribution >= 0.6 is 11.8 Å². The van der Waals surface area contributed by atoms with E-state index in [4.69, 9.17) is 9.47 Å². The highest BCUT2D eigenvalue weighted by Gasteiger charge is 2.30. The van der Waals surface area contributed by atoms with E-state index in [9.17, 15) is 13.2 Å². The average Bonchev–Trinajstić information content (AvgIpc) is 2.16. The van der Waals surface area contributed by atoms with E-state index in [1.807, 2.05) is 0 Å². The first-order chi connectivity index (χ1) is 6.96.